The minimum atomic E-state index is 0.238. The molecule has 1 aromatic carbocycles. The minimum Gasteiger partial charge on any atom is -0.508 e. The van der Waals surface area contributed by atoms with Crippen molar-refractivity contribution in [3.8, 4) is 28.5 Å². The van der Waals surface area contributed by atoms with E-state index in [4.69, 9.17) is 4.42 Å². The summed E-state index contributed by atoms with van der Waals surface area (Å²) in [6.07, 6.45) is 0. The zero-order valence-corrected chi connectivity index (χ0v) is 16.3. The standard InChI is InChI=1S/C22H23N5O2/c1-26-10-12-27(13-11-26)14-17-6-9-20(29-17)21-18-7-8-19(23-22(18)25-24-21)15-2-4-16(28)5-3-15/h2-9,28H,10-14H2,1H3,(H,23,24,25). The minimum absolute atomic E-state index is 0.238. The maximum Gasteiger partial charge on any atom is 0.182 e. The lowest BCUT2D eigenvalue weighted by Crippen LogP contribution is -2.43. The van der Waals surface area contributed by atoms with E-state index in [1.807, 2.05) is 36.4 Å². The number of rotatable bonds is 4. The Morgan fingerprint density at radius 1 is 1.00 bits per heavy atom. The summed E-state index contributed by atoms with van der Waals surface area (Å²) < 4.78 is 6.11. The Morgan fingerprint density at radius 3 is 2.59 bits per heavy atom. The molecule has 148 valence electrons. The number of phenols is 1. The van der Waals surface area contributed by atoms with Crippen LogP contribution in [0.1, 0.15) is 5.76 Å². The molecular formula is C22H23N5O2. The fourth-order valence-electron chi connectivity index (χ4n) is 3.70. The Labute approximate surface area is 168 Å². The van der Waals surface area contributed by atoms with Crippen LogP contribution in [0, 0.1) is 0 Å². The van der Waals surface area contributed by atoms with E-state index >= 15 is 0 Å². The Morgan fingerprint density at radius 2 is 1.79 bits per heavy atom. The number of aromatic amines is 1. The zero-order chi connectivity index (χ0) is 19.8. The molecule has 1 saturated heterocycles. The maximum atomic E-state index is 9.47. The zero-order valence-electron chi connectivity index (χ0n) is 16.3. The number of aromatic nitrogens is 3. The Hall–Kier alpha value is -3.16. The number of piperazine rings is 1. The summed E-state index contributed by atoms with van der Waals surface area (Å²) in [5.41, 5.74) is 3.23. The quantitative estimate of drug-likeness (QED) is 0.557. The molecule has 0 bridgehead atoms. The maximum absolute atomic E-state index is 9.47. The first-order valence-electron chi connectivity index (χ1n) is 9.80. The van der Waals surface area contributed by atoms with Crippen molar-refractivity contribution in [1.82, 2.24) is 25.0 Å². The topological polar surface area (TPSA) is 81.4 Å². The van der Waals surface area contributed by atoms with Crippen LogP contribution in [-0.2, 0) is 6.54 Å². The molecule has 0 saturated carbocycles. The molecule has 4 aromatic rings. The second-order valence-corrected chi connectivity index (χ2v) is 7.56. The lowest BCUT2D eigenvalue weighted by Gasteiger charge is -2.31. The smallest absolute Gasteiger partial charge is 0.182 e. The highest BCUT2D eigenvalue weighted by Crippen LogP contribution is 2.29. The third kappa shape index (κ3) is 3.62. The van der Waals surface area contributed by atoms with E-state index in [9.17, 15) is 5.11 Å². The average Bonchev–Trinajstić information content (AvgIpc) is 3.36. The molecule has 3 aromatic heterocycles. The number of fused-ring (bicyclic) bond motifs is 1. The van der Waals surface area contributed by atoms with Gasteiger partial charge in [-0.1, -0.05) is 0 Å². The first-order chi connectivity index (χ1) is 14.2. The lowest BCUT2D eigenvalue weighted by atomic mass is 10.1. The number of furan rings is 1. The summed E-state index contributed by atoms with van der Waals surface area (Å²) in [4.78, 5) is 9.41. The number of pyridine rings is 1. The van der Waals surface area contributed by atoms with Crippen LogP contribution in [0.4, 0.5) is 0 Å². The van der Waals surface area contributed by atoms with Gasteiger partial charge < -0.3 is 14.4 Å². The number of hydrogen-bond donors (Lipinski definition) is 2. The van der Waals surface area contributed by atoms with Gasteiger partial charge in [0.2, 0.25) is 0 Å². The molecule has 1 aliphatic heterocycles. The summed E-state index contributed by atoms with van der Waals surface area (Å²) in [6.45, 7) is 5.12. The predicted molar refractivity (Wildman–Crippen MR) is 111 cm³/mol. The van der Waals surface area contributed by atoms with E-state index in [2.05, 4.69) is 32.0 Å². The molecule has 5 rings (SSSR count). The number of aromatic hydroxyl groups is 1. The van der Waals surface area contributed by atoms with E-state index < -0.39 is 0 Å². The third-order valence-electron chi connectivity index (χ3n) is 5.46. The van der Waals surface area contributed by atoms with Gasteiger partial charge >= 0.3 is 0 Å². The average molecular weight is 389 g/mol. The summed E-state index contributed by atoms with van der Waals surface area (Å²) in [5.74, 6) is 1.97. The van der Waals surface area contributed by atoms with Crippen molar-refractivity contribution in [1.29, 1.82) is 0 Å². The molecule has 7 nitrogen and oxygen atoms in total. The number of H-pyrrole nitrogens is 1. The molecule has 1 fully saturated rings. The van der Waals surface area contributed by atoms with Gasteiger partial charge in [-0.05, 0) is 55.6 Å². The number of nitrogens with zero attached hydrogens (tertiary/aromatic N) is 4. The van der Waals surface area contributed by atoms with E-state index in [0.29, 0.717) is 5.65 Å². The van der Waals surface area contributed by atoms with Crippen LogP contribution in [0.5, 0.6) is 5.75 Å². The second-order valence-electron chi connectivity index (χ2n) is 7.56. The Kier molecular flexibility index (Phi) is 4.54. The van der Waals surface area contributed by atoms with Crippen LogP contribution in [0.2, 0.25) is 0 Å². The monoisotopic (exact) mass is 389 g/mol. The molecule has 2 N–H and O–H groups in total. The predicted octanol–water partition coefficient (Wildman–Crippen LogP) is 3.34. The van der Waals surface area contributed by atoms with Crippen LogP contribution in [0.15, 0.2) is 52.9 Å². The second kappa shape index (κ2) is 7.35. The van der Waals surface area contributed by atoms with Gasteiger partial charge in [-0.15, -0.1) is 0 Å². The van der Waals surface area contributed by atoms with Crippen molar-refractivity contribution < 1.29 is 9.52 Å². The highest BCUT2D eigenvalue weighted by molar-refractivity contribution is 5.90. The molecule has 0 aliphatic carbocycles. The summed E-state index contributed by atoms with van der Waals surface area (Å²) in [7, 11) is 2.16. The highest BCUT2D eigenvalue weighted by atomic mass is 16.3. The molecular weight excluding hydrogens is 366 g/mol. The van der Waals surface area contributed by atoms with Crippen molar-refractivity contribution >= 4 is 11.0 Å². The molecule has 0 radical (unpaired) electrons. The molecule has 7 heteroatoms. The van der Waals surface area contributed by atoms with Crippen LogP contribution >= 0.6 is 0 Å². The first-order valence-corrected chi connectivity index (χ1v) is 9.80. The van der Waals surface area contributed by atoms with E-state index in [-0.39, 0.29) is 5.75 Å². The summed E-state index contributed by atoms with van der Waals surface area (Å²) >= 11 is 0. The van der Waals surface area contributed by atoms with Crippen LogP contribution < -0.4 is 0 Å². The fraction of sp³-hybridized carbons (Fsp3) is 0.273. The van der Waals surface area contributed by atoms with Gasteiger partial charge in [0, 0.05) is 37.1 Å². The number of phenolic OH excluding ortho intramolecular Hbond substituents is 1. The fourth-order valence-corrected chi connectivity index (χ4v) is 3.70. The third-order valence-corrected chi connectivity index (χ3v) is 5.46. The molecule has 4 heterocycles. The molecule has 1 aliphatic rings. The SMILES string of the molecule is CN1CCN(Cc2ccc(-c3[nH]nc4nc(-c5ccc(O)cc5)ccc34)o2)CC1. The number of nitrogens with one attached hydrogen (secondary N) is 1. The lowest BCUT2D eigenvalue weighted by molar-refractivity contribution is 0.140. The van der Waals surface area contributed by atoms with E-state index in [0.717, 1.165) is 66.6 Å². The van der Waals surface area contributed by atoms with Gasteiger partial charge in [0.1, 0.15) is 17.2 Å². The van der Waals surface area contributed by atoms with Gasteiger partial charge in [0.15, 0.2) is 11.4 Å². The van der Waals surface area contributed by atoms with Crippen molar-refractivity contribution in [2.24, 2.45) is 0 Å². The van der Waals surface area contributed by atoms with Crippen LogP contribution in [-0.4, -0.2) is 63.3 Å². The van der Waals surface area contributed by atoms with Crippen LogP contribution in [0.3, 0.4) is 0 Å². The Bertz CT molecular complexity index is 1120. The molecule has 0 amide bonds. The van der Waals surface area contributed by atoms with Gasteiger partial charge in [-0.25, -0.2) is 4.98 Å². The van der Waals surface area contributed by atoms with Crippen molar-refractivity contribution in [3.63, 3.8) is 0 Å². The molecule has 0 unspecified atom stereocenters. The largest absolute Gasteiger partial charge is 0.508 e. The highest BCUT2D eigenvalue weighted by Gasteiger charge is 2.17. The van der Waals surface area contributed by atoms with E-state index in [1.165, 1.54) is 0 Å². The summed E-state index contributed by atoms with van der Waals surface area (Å²) in [6, 6.07) is 15.0. The van der Waals surface area contributed by atoms with Crippen molar-refractivity contribution in [2.45, 2.75) is 6.54 Å². The van der Waals surface area contributed by atoms with Crippen molar-refractivity contribution in [3.05, 3.63) is 54.3 Å². The van der Waals surface area contributed by atoms with Crippen molar-refractivity contribution in [2.75, 3.05) is 33.2 Å². The summed E-state index contributed by atoms with van der Waals surface area (Å²) in [5, 5.41) is 17.8. The molecule has 0 spiro atoms. The normalized spacial score (nSPS) is 15.9. The Balaban J connectivity index is 1.38. The van der Waals surface area contributed by atoms with Gasteiger partial charge in [-0.3, -0.25) is 10.00 Å². The molecule has 29 heavy (non-hydrogen) atoms. The number of benzene rings is 1. The van der Waals surface area contributed by atoms with Crippen LogP contribution in [0.25, 0.3) is 33.7 Å². The van der Waals surface area contributed by atoms with Gasteiger partial charge in [0.25, 0.3) is 0 Å². The van der Waals surface area contributed by atoms with Gasteiger partial charge in [0.05, 0.1) is 12.2 Å². The number of hydrogen-bond acceptors (Lipinski definition) is 6. The molecule has 0 atom stereocenters. The van der Waals surface area contributed by atoms with E-state index in [1.54, 1.807) is 12.1 Å². The van der Waals surface area contributed by atoms with Gasteiger partial charge in [-0.2, -0.15) is 5.10 Å². The number of likely N-dealkylation sites (N-methyl/N-ethyl adjacent to an activating group) is 1. The first kappa shape index (κ1) is 17.9.